The third-order valence-corrected chi connectivity index (χ3v) is 7.29. The number of carbonyl (C=O) groups is 2. The molecule has 7 nitrogen and oxygen atoms in total. The average molecular weight is 544 g/mol. The largest absolute Gasteiger partial charge is 0.481 e. The van der Waals surface area contributed by atoms with Crippen molar-refractivity contribution in [1.82, 2.24) is 9.47 Å². The first kappa shape index (κ1) is 26.1. The van der Waals surface area contributed by atoms with E-state index in [-0.39, 0.29) is 24.7 Å². The Bertz CT molecular complexity index is 1880. The highest BCUT2D eigenvalue weighted by Gasteiger charge is 2.35. The summed E-state index contributed by atoms with van der Waals surface area (Å²) in [4.78, 5) is 30.8. The summed E-state index contributed by atoms with van der Waals surface area (Å²) in [5.74, 6) is -1.32. The van der Waals surface area contributed by atoms with Crippen LogP contribution in [0.25, 0.3) is 33.6 Å². The Balaban J connectivity index is 1.43. The number of carboxylic acids is 1. The molecule has 0 atom stereocenters. The lowest BCUT2D eigenvalue weighted by Crippen LogP contribution is -2.32. The fourth-order valence-electron chi connectivity index (χ4n) is 5.53. The fraction of sp³-hybridized carbons (Fsp3) is 0.147. The number of nitrogens with zero attached hydrogens (tertiary/aromatic N) is 3. The summed E-state index contributed by atoms with van der Waals surface area (Å²) in [7, 11) is 0. The Hall–Kier alpha value is -5.17. The van der Waals surface area contributed by atoms with Crippen LogP contribution in [0.2, 0.25) is 0 Å². The van der Waals surface area contributed by atoms with E-state index in [9.17, 15) is 14.7 Å². The van der Waals surface area contributed by atoms with Crippen LogP contribution in [0.5, 0.6) is 0 Å². The van der Waals surface area contributed by atoms with Gasteiger partial charge in [0.25, 0.3) is 5.91 Å². The maximum Gasteiger partial charge on any atom is 0.305 e. The van der Waals surface area contributed by atoms with Crippen molar-refractivity contribution in [2.75, 3.05) is 6.54 Å². The second-order valence-corrected chi connectivity index (χ2v) is 10.3. The smallest absolute Gasteiger partial charge is 0.305 e. The van der Waals surface area contributed by atoms with E-state index in [1.165, 1.54) is 4.90 Å². The predicted molar refractivity (Wildman–Crippen MR) is 162 cm³/mol. The van der Waals surface area contributed by atoms with Gasteiger partial charge in [-0.3, -0.25) is 14.5 Å². The Kier molecular flexibility index (Phi) is 6.63. The minimum atomic E-state index is -1.00. The summed E-state index contributed by atoms with van der Waals surface area (Å²) in [6.45, 7) is 5.88. The van der Waals surface area contributed by atoms with Crippen LogP contribution in [0.3, 0.4) is 0 Å². The van der Waals surface area contributed by atoms with Gasteiger partial charge in [0.15, 0.2) is 5.76 Å². The molecule has 1 fully saturated rings. The van der Waals surface area contributed by atoms with Gasteiger partial charge in [0.2, 0.25) is 0 Å². The number of fused-ring (bicyclic) bond motifs is 3. The Morgan fingerprint density at radius 3 is 2.29 bits per heavy atom. The van der Waals surface area contributed by atoms with E-state index in [4.69, 9.17) is 9.73 Å². The number of carbonyl (C=O) groups excluding carboxylic acids is 1. The van der Waals surface area contributed by atoms with Crippen molar-refractivity contribution in [3.05, 3.63) is 113 Å². The number of amides is 1. The van der Waals surface area contributed by atoms with Gasteiger partial charge in [0.1, 0.15) is 0 Å². The van der Waals surface area contributed by atoms with Crippen molar-refractivity contribution in [2.24, 2.45) is 4.99 Å². The Morgan fingerprint density at radius 1 is 0.878 bits per heavy atom. The number of aliphatic imine (C=N–C) groups is 1. The van der Waals surface area contributed by atoms with Gasteiger partial charge in [0.05, 0.1) is 23.1 Å². The molecule has 0 radical (unpaired) electrons. The second kappa shape index (κ2) is 10.4. The van der Waals surface area contributed by atoms with E-state index in [0.29, 0.717) is 5.69 Å². The van der Waals surface area contributed by atoms with E-state index < -0.39 is 11.9 Å². The quantitative estimate of drug-likeness (QED) is 0.232. The molecule has 0 unspecified atom stereocenters. The lowest BCUT2D eigenvalue weighted by molar-refractivity contribution is -0.137. The molecule has 1 saturated heterocycles. The predicted octanol–water partition coefficient (Wildman–Crippen LogP) is 7.07. The van der Waals surface area contributed by atoms with Crippen LogP contribution in [0, 0.1) is 20.8 Å². The highest BCUT2D eigenvalue weighted by Crippen LogP contribution is 2.34. The number of rotatable bonds is 6. The topological polar surface area (TPSA) is 84.1 Å². The highest BCUT2D eigenvalue weighted by molar-refractivity contribution is 6.13. The molecule has 0 saturated carbocycles. The van der Waals surface area contributed by atoms with Crippen LogP contribution in [0.15, 0.2) is 95.7 Å². The molecule has 2 heterocycles. The normalized spacial score (nSPS) is 15.4. The van der Waals surface area contributed by atoms with Crippen LogP contribution in [0.1, 0.15) is 28.7 Å². The summed E-state index contributed by atoms with van der Waals surface area (Å²) < 4.78 is 8.26. The van der Waals surface area contributed by atoms with Crippen LogP contribution >= 0.6 is 0 Å². The second-order valence-electron chi connectivity index (χ2n) is 10.3. The number of aryl methyl sites for hydroxylation is 3. The van der Waals surface area contributed by atoms with Gasteiger partial charge in [-0.2, -0.15) is 4.99 Å². The Morgan fingerprint density at radius 2 is 1.56 bits per heavy atom. The van der Waals surface area contributed by atoms with Gasteiger partial charge in [-0.15, -0.1) is 0 Å². The zero-order valence-electron chi connectivity index (χ0n) is 23.1. The monoisotopic (exact) mass is 543 g/mol. The van der Waals surface area contributed by atoms with Crippen molar-refractivity contribution in [1.29, 1.82) is 0 Å². The summed E-state index contributed by atoms with van der Waals surface area (Å²) in [5, 5.41) is 11.4. The Labute approximate surface area is 237 Å². The van der Waals surface area contributed by atoms with E-state index in [0.717, 1.165) is 49.7 Å². The molecular formula is C34H29N3O4. The number of carboxylic acid groups (broad SMARTS) is 1. The molecule has 7 heteroatoms. The maximum atomic E-state index is 13.5. The molecule has 1 N–H and O–H groups in total. The van der Waals surface area contributed by atoms with Gasteiger partial charge < -0.3 is 14.4 Å². The number of ether oxygens (including phenoxy) is 1. The number of hydrogen-bond donors (Lipinski definition) is 1. The number of aliphatic carboxylic acids is 1. The van der Waals surface area contributed by atoms with E-state index >= 15 is 0 Å². The van der Waals surface area contributed by atoms with E-state index in [2.05, 4.69) is 28.8 Å². The molecule has 41 heavy (non-hydrogen) atoms. The van der Waals surface area contributed by atoms with Gasteiger partial charge in [-0.25, -0.2) is 0 Å². The maximum absolute atomic E-state index is 13.5. The van der Waals surface area contributed by atoms with Crippen LogP contribution in [-0.2, 0) is 14.3 Å². The third kappa shape index (κ3) is 4.87. The summed E-state index contributed by atoms with van der Waals surface area (Å²) in [6, 6.07) is 28.6. The lowest BCUT2D eigenvalue weighted by Gasteiger charge is -2.13. The van der Waals surface area contributed by atoms with Gasteiger partial charge in [-0.05, 0) is 73.9 Å². The first-order chi connectivity index (χ1) is 19.8. The molecular weight excluding hydrogens is 514 g/mol. The lowest BCUT2D eigenvalue weighted by atomic mass is 10.1. The first-order valence-corrected chi connectivity index (χ1v) is 13.5. The van der Waals surface area contributed by atoms with Gasteiger partial charge in [0, 0.05) is 23.0 Å². The molecule has 0 spiro atoms. The van der Waals surface area contributed by atoms with E-state index in [1.54, 1.807) is 6.08 Å². The number of hydrogen-bond acceptors (Lipinski definition) is 4. The minimum Gasteiger partial charge on any atom is -0.481 e. The molecule has 4 aromatic carbocycles. The highest BCUT2D eigenvalue weighted by atomic mass is 16.5. The molecule has 1 amide bonds. The fourth-order valence-corrected chi connectivity index (χ4v) is 5.53. The van der Waals surface area contributed by atoms with Crippen molar-refractivity contribution in [3.63, 3.8) is 0 Å². The van der Waals surface area contributed by atoms with Crippen LogP contribution in [0.4, 0.5) is 5.69 Å². The number of amidine groups is 1. The zero-order valence-corrected chi connectivity index (χ0v) is 23.1. The molecule has 1 aliphatic rings. The molecule has 6 rings (SSSR count). The first-order valence-electron chi connectivity index (χ1n) is 13.5. The van der Waals surface area contributed by atoms with Crippen molar-refractivity contribution in [3.8, 4) is 5.69 Å². The zero-order chi connectivity index (χ0) is 28.7. The number of benzene rings is 4. The minimum absolute atomic E-state index is 0.0438. The molecule has 0 aliphatic carbocycles. The molecule has 1 aliphatic heterocycles. The molecule has 0 bridgehead atoms. The van der Waals surface area contributed by atoms with Crippen LogP contribution in [-0.4, -0.2) is 39.0 Å². The average Bonchev–Trinajstić information content (AvgIpc) is 3.43. The third-order valence-electron chi connectivity index (χ3n) is 7.29. The van der Waals surface area contributed by atoms with Crippen LogP contribution < -0.4 is 0 Å². The summed E-state index contributed by atoms with van der Waals surface area (Å²) >= 11 is 0. The molecule has 1 aromatic heterocycles. The van der Waals surface area contributed by atoms with Crippen molar-refractivity contribution in [2.45, 2.75) is 27.2 Å². The standard InChI is InChI=1S/C34H29N3O4/c1-21-17-22(2)32(23(3)18-21)35-34-36(16-15-31(38)39)33(40)30(41-34)20-24-13-14-29-27(19-24)26-11-7-8-12-28(26)37(29)25-9-5-4-6-10-25/h4-14,17-20H,15-16H2,1-3H3,(H,38,39). The molecule has 204 valence electrons. The summed E-state index contributed by atoms with van der Waals surface area (Å²) in [6.07, 6.45) is 1.47. The van der Waals surface area contributed by atoms with Gasteiger partial charge >= 0.3 is 12.0 Å². The number of para-hydroxylation sites is 2. The molecule has 5 aromatic rings. The number of aromatic nitrogens is 1. The summed E-state index contributed by atoms with van der Waals surface area (Å²) in [5.41, 5.74) is 7.70. The van der Waals surface area contributed by atoms with Gasteiger partial charge in [-0.1, -0.05) is 60.2 Å². The van der Waals surface area contributed by atoms with E-state index in [1.807, 2.05) is 81.4 Å². The SMILES string of the molecule is Cc1cc(C)c(N=C2OC(=Cc3ccc4c(c3)c3ccccc3n4-c3ccccc3)C(=O)N2CCC(=O)O)c(C)c1. The van der Waals surface area contributed by atoms with Crippen molar-refractivity contribution < 1.29 is 19.4 Å². The van der Waals surface area contributed by atoms with Crippen molar-refractivity contribution >= 4 is 51.5 Å².